The van der Waals surface area contributed by atoms with E-state index in [1.165, 1.54) is 53.0 Å². The van der Waals surface area contributed by atoms with Crippen molar-refractivity contribution in [3.8, 4) is 0 Å². The quantitative estimate of drug-likeness (QED) is 0.620. The van der Waals surface area contributed by atoms with Crippen LogP contribution >= 0.6 is 22.7 Å². The maximum Gasteiger partial charge on any atom is 0.266 e. The van der Waals surface area contributed by atoms with E-state index in [1.54, 1.807) is 26.1 Å². The van der Waals surface area contributed by atoms with Crippen molar-refractivity contribution in [2.45, 2.75) is 26.3 Å². The van der Waals surface area contributed by atoms with E-state index in [9.17, 15) is 14.4 Å². The van der Waals surface area contributed by atoms with Gasteiger partial charge in [0.05, 0.1) is 14.1 Å². The van der Waals surface area contributed by atoms with Gasteiger partial charge in [0.25, 0.3) is 5.56 Å². The van der Waals surface area contributed by atoms with E-state index in [1.807, 2.05) is 0 Å². The normalized spacial score (nSPS) is 13.1. The Bertz CT molecular complexity index is 1150. The molecule has 3 rings (SSSR count). The first-order chi connectivity index (χ1) is 12.8. The van der Waals surface area contributed by atoms with Gasteiger partial charge in [0.2, 0.25) is 5.91 Å². The molecule has 0 aliphatic carbocycles. The number of hydrogen-bond donors (Lipinski definition) is 2. The molecule has 3 aromatic rings. The van der Waals surface area contributed by atoms with Gasteiger partial charge in [-0.15, -0.1) is 11.3 Å². The van der Waals surface area contributed by atoms with E-state index in [4.69, 9.17) is 0 Å². The summed E-state index contributed by atoms with van der Waals surface area (Å²) in [4.78, 5) is 47.1. The zero-order chi connectivity index (χ0) is 19.6. The van der Waals surface area contributed by atoms with Crippen LogP contribution in [0.5, 0.6) is 0 Å². The number of thiazole rings is 2. The van der Waals surface area contributed by atoms with Gasteiger partial charge < -0.3 is 10.3 Å². The van der Waals surface area contributed by atoms with Gasteiger partial charge >= 0.3 is 0 Å². The van der Waals surface area contributed by atoms with Crippen molar-refractivity contribution in [3.05, 3.63) is 43.3 Å². The fraction of sp³-hybridized carbons (Fsp3) is 0.250. The third-order valence-electron chi connectivity index (χ3n) is 3.62. The molecule has 2 N–H and O–H groups in total. The van der Waals surface area contributed by atoms with E-state index < -0.39 is 5.54 Å². The summed E-state index contributed by atoms with van der Waals surface area (Å²) in [6.07, 6.45) is 7.45. The molecule has 1 amide bonds. The number of carbonyl (C=O) groups excluding carboxylic acids is 2. The van der Waals surface area contributed by atoms with Crippen molar-refractivity contribution in [1.29, 1.82) is 0 Å². The Labute approximate surface area is 161 Å². The lowest BCUT2D eigenvalue weighted by Crippen LogP contribution is -2.36. The number of Topliss-reactive ketones (excluding diaryl/α,β-unsaturated/α-hetero) is 1. The fourth-order valence-corrected chi connectivity index (χ4v) is 3.88. The molecule has 0 aromatic carbocycles. The number of ketones is 1. The lowest BCUT2D eigenvalue weighted by Gasteiger charge is -2.20. The molecule has 11 heteroatoms. The number of aromatic nitrogens is 5. The number of rotatable bonds is 5. The van der Waals surface area contributed by atoms with Gasteiger partial charge in [0, 0.05) is 19.2 Å². The molecule has 0 aliphatic heterocycles. The average Bonchev–Trinajstić information content (AvgIpc) is 3.30. The van der Waals surface area contributed by atoms with E-state index >= 15 is 0 Å². The third kappa shape index (κ3) is 4.26. The number of amides is 1. The predicted octanol–water partition coefficient (Wildman–Crippen LogP) is 0.0565. The number of nitrogens with one attached hydrogen (secondary N) is 2. The molecule has 0 bridgehead atoms. The van der Waals surface area contributed by atoms with Crippen molar-refractivity contribution in [1.82, 2.24) is 24.7 Å². The highest BCUT2D eigenvalue weighted by molar-refractivity contribution is 7.16. The van der Waals surface area contributed by atoms with Crippen LogP contribution in [0.4, 0.5) is 5.13 Å². The van der Waals surface area contributed by atoms with Crippen LogP contribution in [-0.4, -0.2) is 36.4 Å². The van der Waals surface area contributed by atoms with E-state index in [0.717, 1.165) is 0 Å². The van der Waals surface area contributed by atoms with Gasteiger partial charge in [-0.05, 0) is 19.9 Å². The number of carbonyl (C=O) groups is 2. The van der Waals surface area contributed by atoms with Crippen molar-refractivity contribution in [2.24, 2.45) is 0 Å². The zero-order valence-electron chi connectivity index (χ0n) is 14.7. The summed E-state index contributed by atoms with van der Waals surface area (Å²) in [6.45, 7) is 4.84. The zero-order valence-corrected chi connectivity index (χ0v) is 16.3. The molecule has 0 atom stereocenters. The highest BCUT2D eigenvalue weighted by Crippen LogP contribution is 2.18. The smallest absolute Gasteiger partial charge is 0.266 e. The summed E-state index contributed by atoms with van der Waals surface area (Å²) in [6, 6.07) is 0. The average molecular weight is 404 g/mol. The van der Waals surface area contributed by atoms with Gasteiger partial charge in [-0.1, -0.05) is 11.3 Å². The van der Waals surface area contributed by atoms with Crippen LogP contribution in [0.1, 0.15) is 25.6 Å². The molecular formula is C16H16N6O3S2. The molecule has 0 saturated heterocycles. The van der Waals surface area contributed by atoms with Gasteiger partial charge in [0.15, 0.2) is 10.9 Å². The second-order valence-corrected chi connectivity index (χ2v) is 8.23. The molecule has 0 aliphatic rings. The second-order valence-electron chi connectivity index (χ2n) is 6.09. The maximum atomic E-state index is 12.6. The van der Waals surface area contributed by atoms with Gasteiger partial charge in [-0.2, -0.15) is 5.10 Å². The number of anilines is 1. The molecule has 27 heavy (non-hydrogen) atoms. The lowest BCUT2D eigenvalue weighted by atomic mass is 10.00. The second kappa shape index (κ2) is 7.37. The number of hydrogen-bond acceptors (Lipinski definition) is 8. The fourth-order valence-electron chi connectivity index (χ4n) is 2.12. The first-order valence-electron chi connectivity index (χ1n) is 7.81. The largest absolute Gasteiger partial charge is 0.313 e. The van der Waals surface area contributed by atoms with Crippen LogP contribution in [0, 0.1) is 0 Å². The van der Waals surface area contributed by atoms with Crippen molar-refractivity contribution in [3.63, 3.8) is 0 Å². The topological polar surface area (TPSA) is 123 Å². The van der Waals surface area contributed by atoms with Gasteiger partial charge in [0.1, 0.15) is 18.2 Å². The van der Waals surface area contributed by atoms with E-state index in [2.05, 4.69) is 25.4 Å². The van der Waals surface area contributed by atoms with Crippen LogP contribution in [-0.2, 0) is 15.1 Å². The SMILES string of the molecule is CC(=O)Nc1ncc(/C=c2\s/c(=C/C(=O)C(C)(C)n3cncn3)[nH]c2=O)s1. The standard InChI is InChI=1S/C16H16N6O3S2/c1-9(23)20-15-18-6-10(26-15)4-11-14(25)21-13(27-11)5-12(24)16(2,3)22-8-17-7-19-22/h4-8H,1-3H3,(H,21,25)(H,18,20,23)/b11-4-,13-5+. The Morgan fingerprint density at radius 1 is 1.33 bits per heavy atom. The van der Waals surface area contributed by atoms with Crippen LogP contribution in [0.2, 0.25) is 0 Å². The first kappa shape index (κ1) is 18.9. The highest BCUT2D eigenvalue weighted by Gasteiger charge is 2.28. The Balaban J connectivity index is 1.91. The number of nitrogens with zero attached hydrogens (tertiary/aromatic N) is 4. The minimum atomic E-state index is -0.924. The maximum absolute atomic E-state index is 12.6. The van der Waals surface area contributed by atoms with Crippen molar-refractivity contribution < 1.29 is 9.59 Å². The Hall–Kier alpha value is -2.92. The summed E-state index contributed by atoms with van der Waals surface area (Å²) in [5.74, 6) is -0.432. The van der Waals surface area contributed by atoms with Gasteiger partial charge in [-0.25, -0.2) is 14.6 Å². The van der Waals surface area contributed by atoms with Crippen LogP contribution in [0.3, 0.4) is 0 Å². The summed E-state index contributed by atoms with van der Waals surface area (Å²) in [7, 11) is 0. The minimum absolute atomic E-state index is 0.213. The lowest BCUT2D eigenvalue weighted by molar-refractivity contribution is -0.120. The van der Waals surface area contributed by atoms with E-state index in [0.29, 0.717) is 19.2 Å². The van der Waals surface area contributed by atoms with Crippen molar-refractivity contribution >= 4 is 51.6 Å². The molecule has 0 unspecified atom stereocenters. The summed E-state index contributed by atoms with van der Waals surface area (Å²) >= 11 is 2.42. The number of H-pyrrole nitrogens is 1. The molecular weight excluding hydrogens is 388 g/mol. The minimum Gasteiger partial charge on any atom is -0.313 e. The van der Waals surface area contributed by atoms with Crippen LogP contribution < -0.4 is 20.1 Å². The molecule has 0 spiro atoms. The number of aromatic amines is 1. The molecule has 0 radical (unpaired) electrons. The Morgan fingerprint density at radius 3 is 2.78 bits per heavy atom. The molecule has 0 fully saturated rings. The molecule has 9 nitrogen and oxygen atoms in total. The molecule has 3 aromatic heterocycles. The molecule has 140 valence electrons. The van der Waals surface area contributed by atoms with Gasteiger partial charge in [-0.3, -0.25) is 14.4 Å². The summed E-state index contributed by atoms with van der Waals surface area (Å²) < 4.78 is 2.34. The van der Waals surface area contributed by atoms with Crippen LogP contribution in [0.25, 0.3) is 12.2 Å². The summed E-state index contributed by atoms with van der Waals surface area (Å²) in [5, 5.41) is 7.05. The van der Waals surface area contributed by atoms with Crippen LogP contribution in [0.15, 0.2) is 23.6 Å². The van der Waals surface area contributed by atoms with E-state index in [-0.39, 0.29) is 17.2 Å². The highest BCUT2D eigenvalue weighted by atomic mass is 32.1. The molecule has 0 saturated carbocycles. The molecule has 3 heterocycles. The van der Waals surface area contributed by atoms with Crippen molar-refractivity contribution in [2.75, 3.05) is 5.32 Å². The third-order valence-corrected chi connectivity index (χ3v) is 5.44. The Morgan fingerprint density at radius 2 is 2.11 bits per heavy atom. The summed E-state index contributed by atoms with van der Waals surface area (Å²) in [5.41, 5.74) is -1.22. The predicted molar refractivity (Wildman–Crippen MR) is 103 cm³/mol. The first-order valence-corrected chi connectivity index (χ1v) is 9.44. The Kier molecular flexibility index (Phi) is 5.15. The monoisotopic (exact) mass is 404 g/mol.